The second-order valence-corrected chi connectivity index (χ2v) is 5.54. The van der Waals surface area contributed by atoms with Crippen molar-refractivity contribution < 1.29 is 4.74 Å². The molecule has 2 atom stereocenters. The van der Waals surface area contributed by atoms with Crippen LogP contribution >= 0.6 is 12.4 Å². The molecule has 0 aromatic heterocycles. The van der Waals surface area contributed by atoms with Crippen molar-refractivity contribution in [3.8, 4) is 0 Å². The maximum atomic E-state index is 5.86. The van der Waals surface area contributed by atoms with Gasteiger partial charge in [0, 0.05) is 6.04 Å². The number of nitrogens with zero attached hydrogens (tertiary/aromatic N) is 1. The van der Waals surface area contributed by atoms with Crippen LogP contribution in [-0.4, -0.2) is 43.4 Å². The Balaban J connectivity index is 0.00000128. The summed E-state index contributed by atoms with van der Waals surface area (Å²) < 4.78 is 5.86. The van der Waals surface area contributed by atoms with Crippen LogP contribution in [0.25, 0.3) is 0 Å². The highest BCUT2D eigenvalue weighted by molar-refractivity contribution is 5.85. The molecule has 0 aromatic carbocycles. The first-order valence-corrected chi connectivity index (χ1v) is 6.18. The topological polar surface area (TPSA) is 24.5 Å². The number of ether oxygens (including phenoxy) is 1. The molecule has 0 aromatic rings. The number of hydrogen-bond acceptors (Lipinski definition) is 3. The first-order valence-electron chi connectivity index (χ1n) is 6.18. The molecule has 0 aliphatic carbocycles. The molecule has 2 unspecified atom stereocenters. The second kappa shape index (κ2) is 5.67. The maximum Gasteiger partial charge on any atom is 0.117 e. The van der Waals surface area contributed by atoms with Gasteiger partial charge in [-0.25, -0.2) is 0 Å². The van der Waals surface area contributed by atoms with Crippen LogP contribution in [0.15, 0.2) is 0 Å². The monoisotopic (exact) mass is 248 g/mol. The number of likely N-dealkylation sites (tertiary alicyclic amines) is 1. The largest absolute Gasteiger partial charge is 0.359 e. The molecule has 0 saturated carbocycles. The van der Waals surface area contributed by atoms with Crippen LogP contribution in [-0.2, 0) is 4.74 Å². The number of nitrogens with one attached hydrogen (secondary N) is 1. The lowest BCUT2D eigenvalue weighted by Gasteiger charge is -2.34. The standard InChI is InChI=1S/C12H24N2O.ClH/c1-10-9-15-12(2,13-10)8-11-4-6-14(3)7-5-11;/h10-11,13H,4-9H2,1-3H3;1H. The van der Waals surface area contributed by atoms with Gasteiger partial charge in [0.2, 0.25) is 0 Å². The van der Waals surface area contributed by atoms with E-state index in [2.05, 4.69) is 31.1 Å². The van der Waals surface area contributed by atoms with E-state index in [9.17, 15) is 0 Å². The highest BCUT2D eigenvalue weighted by atomic mass is 35.5. The summed E-state index contributed by atoms with van der Waals surface area (Å²) in [5.41, 5.74) is -0.0556. The van der Waals surface area contributed by atoms with Gasteiger partial charge < -0.3 is 9.64 Å². The van der Waals surface area contributed by atoms with Crippen molar-refractivity contribution in [3.63, 3.8) is 0 Å². The minimum absolute atomic E-state index is 0. The minimum atomic E-state index is -0.0556. The molecule has 0 spiro atoms. The van der Waals surface area contributed by atoms with Crippen molar-refractivity contribution in [2.24, 2.45) is 5.92 Å². The number of piperidine rings is 1. The van der Waals surface area contributed by atoms with Crippen LogP contribution in [0.3, 0.4) is 0 Å². The third-order valence-corrected chi connectivity index (χ3v) is 3.72. The van der Waals surface area contributed by atoms with E-state index in [0.29, 0.717) is 6.04 Å². The molecule has 2 fully saturated rings. The van der Waals surface area contributed by atoms with Crippen molar-refractivity contribution in [1.29, 1.82) is 0 Å². The SMILES string of the molecule is CC1COC(C)(CC2CCN(C)CC2)N1.Cl. The van der Waals surface area contributed by atoms with Crippen molar-refractivity contribution in [2.75, 3.05) is 26.7 Å². The fraction of sp³-hybridized carbons (Fsp3) is 1.00. The molecule has 2 rings (SSSR count). The van der Waals surface area contributed by atoms with E-state index >= 15 is 0 Å². The predicted molar refractivity (Wildman–Crippen MR) is 69.0 cm³/mol. The molecule has 3 nitrogen and oxygen atoms in total. The molecule has 0 amide bonds. The lowest BCUT2D eigenvalue weighted by atomic mass is 9.89. The fourth-order valence-corrected chi connectivity index (χ4v) is 2.85. The molecule has 96 valence electrons. The maximum absolute atomic E-state index is 5.86. The predicted octanol–water partition coefficient (Wildman–Crippen LogP) is 1.86. The normalized spacial score (nSPS) is 37.3. The zero-order valence-corrected chi connectivity index (χ0v) is 11.5. The van der Waals surface area contributed by atoms with Crippen LogP contribution in [0, 0.1) is 5.92 Å². The third-order valence-electron chi connectivity index (χ3n) is 3.72. The Kier molecular flexibility index (Phi) is 5.05. The highest BCUT2D eigenvalue weighted by Gasteiger charge is 2.36. The fourth-order valence-electron chi connectivity index (χ4n) is 2.85. The third kappa shape index (κ3) is 3.59. The van der Waals surface area contributed by atoms with Crippen molar-refractivity contribution in [3.05, 3.63) is 0 Å². The Morgan fingerprint density at radius 3 is 2.50 bits per heavy atom. The second-order valence-electron chi connectivity index (χ2n) is 5.54. The zero-order chi connectivity index (χ0) is 10.9. The highest BCUT2D eigenvalue weighted by Crippen LogP contribution is 2.29. The average molecular weight is 249 g/mol. The molecule has 16 heavy (non-hydrogen) atoms. The van der Waals surface area contributed by atoms with Gasteiger partial charge in [-0.05, 0) is 59.2 Å². The smallest absolute Gasteiger partial charge is 0.117 e. The van der Waals surface area contributed by atoms with Crippen LogP contribution in [0.4, 0.5) is 0 Å². The van der Waals surface area contributed by atoms with E-state index < -0.39 is 0 Å². The lowest BCUT2D eigenvalue weighted by molar-refractivity contribution is -0.0199. The molecular formula is C12H25ClN2O. The van der Waals surface area contributed by atoms with E-state index in [-0.39, 0.29) is 18.1 Å². The summed E-state index contributed by atoms with van der Waals surface area (Å²) in [5, 5.41) is 3.55. The Morgan fingerprint density at radius 1 is 1.38 bits per heavy atom. The van der Waals surface area contributed by atoms with Crippen molar-refractivity contribution in [1.82, 2.24) is 10.2 Å². The summed E-state index contributed by atoms with van der Waals surface area (Å²) >= 11 is 0. The van der Waals surface area contributed by atoms with Gasteiger partial charge in [-0.2, -0.15) is 0 Å². The first-order chi connectivity index (χ1) is 7.07. The van der Waals surface area contributed by atoms with Crippen molar-refractivity contribution >= 4 is 12.4 Å². The van der Waals surface area contributed by atoms with Crippen LogP contribution in [0.5, 0.6) is 0 Å². The molecule has 0 radical (unpaired) electrons. The summed E-state index contributed by atoms with van der Waals surface area (Å²) in [4.78, 5) is 2.42. The average Bonchev–Trinajstić information content (AvgIpc) is 2.50. The van der Waals surface area contributed by atoms with E-state index in [1.54, 1.807) is 0 Å². The first kappa shape index (κ1) is 14.2. The summed E-state index contributed by atoms with van der Waals surface area (Å²) in [5.74, 6) is 0.837. The van der Waals surface area contributed by atoms with E-state index in [0.717, 1.165) is 12.5 Å². The Morgan fingerprint density at radius 2 is 2.00 bits per heavy atom. The summed E-state index contributed by atoms with van der Waals surface area (Å²) in [6, 6.07) is 0.515. The van der Waals surface area contributed by atoms with Gasteiger partial charge in [0.25, 0.3) is 0 Å². The molecule has 1 N–H and O–H groups in total. The Labute approximate surface area is 105 Å². The molecule has 2 aliphatic heterocycles. The Bertz CT molecular complexity index is 219. The summed E-state index contributed by atoms with van der Waals surface area (Å²) in [7, 11) is 2.21. The van der Waals surface area contributed by atoms with Crippen LogP contribution in [0.1, 0.15) is 33.1 Å². The number of hydrogen-bond donors (Lipinski definition) is 1. The zero-order valence-electron chi connectivity index (χ0n) is 10.7. The Hall–Kier alpha value is 0.170. The van der Waals surface area contributed by atoms with Gasteiger partial charge in [0.05, 0.1) is 6.61 Å². The number of rotatable bonds is 2. The van der Waals surface area contributed by atoms with Gasteiger partial charge >= 0.3 is 0 Å². The molecule has 2 saturated heterocycles. The van der Waals surface area contributed by atoms with Gasteiger partial charge in [0.1, 0.15) is 5.72 Å². The molecule has 0 bridgehead atoms. The summed E-state index contributed by atoms with van der Waals surface area (Å²) in [6.07, 6.45) is 3.82. The number of halogens is 1. The van der Waals surface area contributed by atoms with Crippen LogP contribution < -0.4 is 5.32 Å². The minimum Gasteiger partial charge on any atom is -0.359 e. The molecular weight excluding hydrogens is 224 g/mol. The van der Waals surface area contributed by atoms with E-state index in [4.69, 9.17) is 4.74 Å². The van der Waals surface area contributed by atoms with Gasteiger partial charge in [0.15, 0.2) is 0 Å². The lowest BCUT2D eigenvalue weighted by Crippen LogP contribution is -2.43. The van der Waals surface area contributed by atoms with Gasteiger partial charge in [-0.15, -0.1) is 12.4 Å². The summed E-state index contributed by atoms with van der Waals surface area (Å²) in [6.45, 7) is 7.75. The van der Waals surface area contributed by atoms with Crippen LogP contribution in [0.2, 0.25) is 0 Å². The van der Waals surface area contributed by atoms with E-state index in [1.165, 1.54) is 32.4 Å². The molecule has 2 heterocycles. The van der Waals surface area contributed by atoms with E-state index in [1.807, 2.05) is 0 Å². The van der Waals surface area contributed by atoms with Crippen molar-refractivity contribution in [2.45, 2.75) is 44.9 Å². The molecule has 2 aliphatic rings. The van der Waals surface area contributed by atoms with Gasteiger partial charge in [-0.1, -0.05) is 0 Å². The quantitative estimate of drug-likeness (QED) is 0.808. The van der Waals surface area contributed by atoms with Gasteiger partial charge in [-0.3, -0.25) is 5.32 Å². The molecule has 4 heteroatoms.